The Labute approximate surface area is 84.2 Å². The van der Waals surface area contributed by atoms with E-state index in [1.54, 1.807) is 0 Å². The summed E-state index contributed by atoms with van der Waals surface area (Å²) < 4.78 is 0. The second kappa shape index (κ2) is 2.81. The van der Waals surface area contributed by atoms with Crippen molar-refractivity contribution in [1.29, 1.82) is 0 Å². The number of nitrogens with zero attached hydrogens (tertiary/aromatic N) is 1. The van der Waals surface area contributed by atoms with Crippen LogP contribution in [0.2, 0.25) is 0 Å². The van der Waals surface area contributed by atoms with E-state index in [4.69, 9.17) is 0 Å². The number of rotatable bonds is 1. The van der Waals surface area contributed by atoms with Crippen LogP contribution in [0, 0.1) is 0 Å². The van der Waals surface area contributed by atoms with Crippen LogP contribution in [0.5, 0.6) is 0 Å². The van der Waals surface area contributed by atoms with E-state index in [0.29, 0.717) is 0 Å². The highest BCUT2D eigenvalue weighted by Crippen LogP contribution is 2.45. The topological polar surface area (TPSA) is 23.5 Å². The fourth-order valence-electron chi connectivity index (χ4n) is 3.05. The van der Waals surface area contributed by atoms with Gasteiger partial charge >= 0.3 is 0 Å². The zero-order valence-electron chi connectivity index (χ0n) is 8.24. The summed E-state index contributed by atoms with van der Waals surface area (Å²) in [5.41, 5.74) is 2.73. The number of hydrogen-bond donors (Lipinski definition) is 1. The van der Waals surface area contributed by atoms with Crippen molar-refractivity contribution in [2.24, 2.45) is 0 Å². The molecule has 0 aromatic heterocycles. The number of aliphatic hydroxyl groups excluding tert-OH is 1. The van der Waals surface area contributed by atoms with E-state index in [0.717, 1.165) is 19.5 Å². The third kappa shape index (κ3) is 0.877. The van der Waals surface area contributed by atoms with Crippen molar-refractivity contribution in [3.8, 4) is 0 Å². The maximum absolute atomic E-state index is 9.63. The second-order valence-corrected chi connectivity index (χ2v) is 4.37. The first-order chi connectivity index (χ1) is 6.87. The summed E-state index contributed by atoms with van der Waals surface area (Å²) in [4.78, 5) is 2.43. The van der Waals surface area contributed by atoms with Crippen molar-refractivity contribution in [3.05, 3.63) is 35.4 Å². The molecule has 74 valence electrons. The Bertz CT molecular complexity index is 363. The average Bonchev–Trinajstić information content (AvgIpc) is 2.73. The monoisotopic (exact) mass is 189 g/mol. The zero-order chi connectivity index (χ0) is 9.60. The molecule has 0 bridgehead atoms. The predicted octanol–water partition coefficient (Wildman–Crippen LogP) is 1.48. The molecule has 2 nitrogen and oxygen atoms in total. The van der Waals surface area contributed by atoms with Gasteiger partial charge in [0, 0.05) is 6.54 Å². The second-order valence-electron chi connectivity index (χ2n) is 4.37. The van der Waals surface area contributed by atoms with Crippen LogP contribution in [0.25, 0.3) is 0 Å². The lowest BCUT2D eigenvalue weighted by Crippen LogP contribution is -2.38. The van der Waals surface area contributed by atoms with E-state index >= 15 is 0 Å². The quantitative estimate of drug-likeness (QED) is 0.723. The molecule has 1 aromatic carbocycles. The predicted molar refractivity (Wildman–Crippen MR) is 54.8 cm³/mol. The molecule has 0 radical (unpaired) electrons. The Hall–Kier alpha value is -0.860. The van der Waals surface area contributed by atoms with Crippen LogP contribution in [0.15, 0.2) is 24.3 Å². The highest BCUT2D eigenvalue weighted by atomic mass is 16.3. The summed E-state index contributed by atoms with van der Waals surface area (Å²) in [5.74, 6) is 0. The highest BCUT2D eigenvalue weighted by molar-refractivity contribution is 5.39. The first kappa shape index (κ1) is 8.45. The third-order valence-electron chi connectivity index (χ3n) is 3.77. The van der Waals surface area contributed by atoms with Gasteiger partial charge in [0.15, 0.2) is 0 Å². The molecule has 1 fully saturated rings. The summed E-state index contributed by atoms with van der Waals surface area (Å²) in [5, 5.41) is 9.63. The summed E-state index contributed by atoms with van der Waals surface area (Å²) in [6, 6.07) is 8.53. The molecule has 2 heterocycles. The van der Waals surface area contributed by atoms with Gasteiger partial charge in [-0.25, -0.2) is 0 Å². The lowest BCUT2D eigenvalue weighted by molar-refractivity contribution is 0.0752. The van der Waals surface area contributed by atoms with Gasteiger partial charge in [0.05, 0.1) is 12.1 Å². The van der Waals surface area contributed by atoms with E-state index in [2.05, 4.69) is 29.2 Å². The maximum atomic E-state index is 9.63. The van der Waals surface area contributed by atoms with Gasteiger partial charge in [0.25, 0.3) is 0 Å². The van der Waals surface area contributed by atoms with Crippen LogP contribution in [0.1, 0.15) is 24.0 Å². The first-order valence-electron chi connectivity index (χ1n) is 5.31. The minimum atomic E-state index is -0.0312. The van der Waals surface area contributed by atoms with Gasteiger partial charge in [0.1, 0.15) is 0 Å². The molecule has 1 saturated heterocycles. The highest BCUT2D eigenvalue weighted by Gasteiger charge is 2.47. The summed E-state index contributed by atoms with van der Waals surface area (Å²) in [6.07, 6.45) is 2.33. The number of hydrogen-bond acceptors (Lipinski definition) is 2. The molecule has 2 aliphatic heterocycles. The van der Waals surface area contributed by atoms with E-state index in [1.807, 2.05) is 0 Å². The van der Waals surface area contributed by atoms with E-state index < -0.39 is 0 Å². The zero-order valence-corrected chi connectivity index (χ0v) is 8.24. The van der Waals surface area contributed by atoms with Crippen molar-refractivity contribution in [3.63, 3.8) is 0 Å². The summed E-state index contributed by atoms with van der Waals surface area (Å²) >= 11 is 0. The average molecular weight is 189 g/mol. The van der Waals surface area contributed by atoms with Crippen molar-refractivity contribution in [1.82, 2.24) is 4.90 Å². The Morgan fingerprint density at radius 3 is 3.07 bits per heavy atom. The van der Waals surface area contributed by atoms with E-state index in [-0.39, 0.29) is 12.1 Å². The maximum Gasteiger partial charge on any atom is 0.0700 e. The van der Waals surface area contributed by atoms with Gasteiger partial charge < -0.3 is 5.11 Å². The van der Waals surface area contributed by atoms with Gasteiger partial charge in [-0.1, -0.05) is 24.3 Å². The Balaban J connectivity index is 2.15. The molecule has 0 unspecified atom stereocenters. The summed E-state index contributed by atoms with van der Waals surface area (Å²) in [7, 11) is 0. The van der Waals surface area contributed by atoms with Crippen molar-refractivity contribution in [2.75, 3.05) is 13.2 Å². The van der Waals surface area contributed by atoms with Gasteiger partial charge in [-0.2, -0.15) is 0 Å². The van der Waals surface area contributed by atoms with Crippen LogP contribution in [0.4, 0.5) is 0 Å². The molecular weight excluding hydrogens is 174 g/mol. The standard InChI is InChI=1S/C12H15NO/c14-9-12-6-3-7-13(12)8-10-4-1-2-5-11(10)12/h1-2,4-5,14H,3,6-9H2/t12-/m1/s1. The Morgan fingerprint density at radius 1 is 1.36 bits per heavy atom. The number of fused-ring (bicyclic) bond motifs is 3. The molecular formula is C12H15NO. The molecule has 0 amide bonds. The van der Waals surface area contributed by atoms with Crippen LogP contribution in [0.3, 0.4) is 0 Å². The molecule has 0 spiro atoms. The molecule has 2 aliphatic rings. The molecule has 0 saturated carbocycles. The van der Waals surface area contributed by atoms with Gasteiger partial charge in [-0.3, -0.25) is 4.90 Å². The smallest absolute Gasteiger partial charge is 0.0700 e. The van der Waals surface area contributed by atoms with Crippen molar-refractivity contribution < 1.29 is 5.11 Å². The molecule has 0 aliphatic carbocycles. The normalized spacial score (nSPS) is 30.4. The van der Waals surface area contributed by atoms with Gasteiger partial charge in [-0.05, 0) is 30.5 Å². The lowest BCUT2D eigenvalue weighted by atomic mass is 9.89. The number of aliphatic hydroxyl groups is 1. The summed E-state index contributed by atoms with van der Waals surface area (Å²) in [6.45, 7) is 2.43. The Morgan fingerprint density at radius 2 is 2.21 bits per heavy atom. The van der Waals surface area contributed by atoms with E-state index in [1.165, 1.54) is 17.5 Å². The third-order valence-corrected chi connectivity index (χ3v) is 3.77. The van der Waals surface area contributed by atoms with Gasteiger partial charge in [0.2, 0.25) is 0 Å². The molecule has 14 heavy (non-hydrogen) atoms. The Kier molecular flexibility index (Phi) is 1.70. The van der Waals surface area contributed by atoms with Crippen molar-refractivity contribution >= 4 is 0 Å². The molecule has 1 aromatic rings. The molecule has 1 atom stereocenters. The fraction of sp³-hybridized carbons (Fsp3) is 0.500. The van der Waals surface area contributed by atoms with Crippen LogP contribution < -0.4 is 0 Å². The van der Waals surface area contributed by atoms with Crippen molar-refractivity contribution in [2.45, 2.75) is 24.9 Å². The molecule has 1 N–H and O–H groups in total. The van der Waals surface area contributed by atoms with Crippen LogP contribution >= 0.6 is 0 Å². The largest absolute Gasteiger partial charge is 0.394 e. The molecule has 3 rings (SSSR count). The fourth-order valence-corrected chi connectivity index (χ4v) is 3.05. The minimum absolute atomic E-state index is 0.0312. The minimum Gasteiger partial charge on any atom is -0.394 e. The SMILES string of the molecule is OC[C@@]12CCCN1Cc1ccccc12. The van der Waals surface area contributed by atoms with Gasteiger partial charge in [-0.15, -0.1) is 0 Å². The first-order valence-corrected chi connectivity index (χ1v) is 5.31. The lowest BCUT2D eigenvalue weighted by Gasteiger charge is -2.30. The number of benzene rings is 1. The van der Waals surface area contributed by atoms with E-state index in [9.17, 15) is 5.11 Å². The van der Waals surface area contributed by atoms with Crippen LogP contribution in [-0.4, -0.2) is 23.2 Å². The van der Waals surface area contributed by atoms with Crippen LogP contribution in [-0.2, 0) is 12.1 Å². The molecule has 2 heteroatoms.